The van der Waals surface area contributed by atoms with Crippen LogP contribution in [0.3, 0.4) is 0 Å². The third-order valence-corrected chi connectivity index (χ3v) is 3.56. The molecule has 1 rings (SSSR count). The molecule has 1 amide bonds. The summed E-state index contributed by atoms with van der Waals surface area (Å²) < 4.78 is 4.69. The van der Waals surface area contributed by atoms with Gasteiger partial charge in [0.1, 0.15) is 6.04 Å². The highest BCUT2D eigenvalue weighted by atomic mass is 32.1. The predicted molar refractivity (Wildman–Crippen MR) is 86.9 cm³/mol. The number of benzene rings is 1. The van der Waals surface area contributed by atoms with Gasteiger partial charge in [-0.25, -0.2) is 4.79 Å². The summed E-state index contributed by atoms with van der Waals surface area (Å²) in [6.07, 6.45) is -0.523. The van der Waals surface area contributed by atoms with E-state index >= 15 is 0 Å². The highest BCUT2D eigenvalue weighted by Gasteiger charge is 2.33. The lowest BCUT2D eigenvalue weighted by atomic mass is 10.1. The van der Waals surface area contributed by atoms with Crippen molar-refractivity contribution in [3.63, 3.8) is 0 Å². The van der Waals surface area contributed by atoms with Crippen LogP contribution < -0.4 is 5.73 Å². The van der Waals surface area contributed by atoms with Gasteiger partial charge in [0.2, 0.25) is 5.91 Å². The van der Waals surface area contributed by atoms with E-state index in [4.69, 9.17) is 15.6 Å². The van der Waals surface area contributed by atoms with Crippen LogP contribution in [-0.2, 0) is 25.7 Å². The fourth-order valence-electron chi connectivity index (χ4n) is 2.05. The number of ether oxygens (including phenoxy) is 1. The van der Waals surface area contributed by atoms with Crippen LogP contribution in [0.5, 0.6) is 0 Å². The number of carbonyl (C=O) groups excluding carboxylic acids is 2. The minimum Gasteiger partial charge on any atom is -0.481 e. The van der Waals surface area contributed by atoms with E-state index in [-0.39, 0.29) is 12.3 Å². The average Bonchev–Trinajstić information content (AvgIpc) is 2.53. The first kappa shape index (κ1) is 19.0. The van der Waals surface area contributed by atoms with Crippen LogP contribution in [0.4, 0.5) is 0 Å². The lowest BCUT2D eigenvalue weighted by Gasteiger charge is -2.31. The molecule has 0 spiro atoms. The molecule has 0 aliphatic heterocycles. The zero-order valence-electron chi connectivity index (χ0n) is 12.7. The first-order valence-corrected chi connectivity index (χ1v) is 7.54. The maximum absolute atomic E-state index is 12.5. The molecule has 0 unspecified atom stereocenters. The molecule has 0 aliphatic carbocycles. The van der Waals surface area contributed by atoms with Gasteiger partial charge in [0.25, 0.3) is 0 Å². The van der Waals surface area contributed by atoms with E-state index in [9.17, 15) is 14.4 Å². The number of esters is 1. The summed E-state index contributed by atoms with van der Waals surface area (Å²) in [4.78, 5) is 36.4. The molecule has 0 bridgehead atoms. The van der Waals surface area contributed by atoms with E-state index in [0.717, 1.165) is 5.56 Å². The minimum absolute atomic E-state index is 0.0328. The molecular weight excluding hydrogens is 320 g/mol. The Labute approximate surface area is 139 Å². The van der Waals surface area contributed by atoms with Gasteiger partial charge in [-0.15, -0.1) is 0 Å². The lowest BCUT2D eigenvalue weighted by Crippen LogP contribution is -2.52. The highest BCUT2D eigenvalue weighted by molar-refractivity contribution is 7.80. The molecule has 0 heterocycles. The topological polar surface area (TPSA) is 110 Å². The van der Waals surface area contributed by atoms with Gasteiger partial charge in [-0.3, -0.25) is 9.59 Å². The summed E-state index contributed by atoms with van der Waals surface area (Å²) in [6, 6.07) is 6.79. The zero-order chi connectivity index (χ0) is 17.4. The Morgan fingerprint density at radius 2 is 1.91 bits per heavy atom. The number of nitrogens with zero attached hydrogens (tertiary/aromatic N) is 1. The van der Waals surface area contributed by atoms with Crippen molar-refractivity contribution in [2.24, 2.45) is 5.73 Å². The number of aliphatic carboxylic acids is 1. The fraction of sp³-hybridized carbons (Fsp3) is 0.400. The maximum Gasteiger partial charge on any atom is 0.329 e. The molecule has 3 N–H and O–H groups in total. The number of methoxy groups -OCH3 is 1. The van der Waals surface area contributed by atoms with E-state index in [1.807, 2.05) is 6.07 Å². The summed E-state index contributed by atoms with van der Waals surface area (Å²) in [5, 5.41) is 8.80. The van der Waals surface area contributed by atoms with E-state index in [2.05, 4.69) is 12.6 Å². The maximum atomic E-state index is 12.5. The van der Waals surface area contributed by atoms with Gasteiger partial charge in [-0.2, -0.15) is 12.6 Å². The number of hydrogen-bond donors (Lipinski definition) is 3. The largest absolute Gasteiger partial charge is 0.481 e. The van der Waals surface area contributed by atoms with Gasteiger partial charge < -0.3 is 20.5 Å². The Morgan fingerprint density at radius 1 is 1.30 bits per heavy atom. The molecule has 0 aromatic heterocycles. The van der Waals surface area contributed by atoms with Gasteiger partial charge in [0, 0.05) is 12.3 Å². The first-order chi connectivity index (χ1) is 10.9. The van der Waals surface area contributed by atoms with Crippen LogP contribution in [0.15, 0.2) is 30.3 Å². The van der Waals surface area contributed by atoms with Crippen LogP contribution in [-0.4, -0.2) is 52.8 Å². The van der Waals surface area contributed by atoms with Crippen LogP contribution >= 0.6 is 12.6 Å². The van der Waals surface area contributed by atoms with Gasteiger partial charge in [0.05, 0.1) is 19.6 Å². The molecule has 0 saturated carbocycles. The second-order valence-corrected chi connectivity index (χ2v) is 5.24. The smallest absolute Gasteiger partial charge is 0.329 e. The van der Waals surface area contributed by atoms with Crippen LogP contribution in [0.2, 0.25) is 0 Å². The van der Waals surface area contributed by atoms with Crippen molar-refractivity contribution < 1.29 is 24.2 Å². The van der Waals surface area contributed by atoms with Crippen LogP contribution in [0.25, 0.3) is 0 Å². The molecule has 1 aromatic carbocycles. The van der Waals surface area contributed by atoms with E-state index in [0.29, 0.717) is 0 Å². The highest BCUT2D eigenvalue weighted by Crippen LogP contribution is 2.13. The van der Waals surface area contributed by atoms with Gasteiger partial charge in [-0.1, -0.05) is 30.3 Å². The van der Waals surface area contributed by atoms with Gasteiger partial charge in [0.15, 0.2) is 0 Å². The number of amides is 1. The Bertz CT molecular complexity index is 552. The van der Waals surface area contributed by atoms with Crippen molar-refractivity contribution in [1.29, 1.82) is 0 Å². The van der Waals surface area contributed by atoms with Crippen molar-refractivity contribution in [1.82, 2.24) is 4.90 Å². The molecule has 1 aromatic rings. The standard InChI is InChI=1S/C15H20N2O5S/c1-22-15(21)12(9-23)17(8-10-5-3-2-4-6-10)14(20)11(16)7-13(18)19/h2-6,11-12,23H,7-9,16H2,1H3,(H,18,19)/t11-,12+/m0/s1. The second kappa shape index (κ2) is 9.16. The SMILES string of the molecule is COC(=O)[C@@H](CS)N(Cc1ccccc1)C(=O)[C@@H](N)CC(=O)O. The van der Waals surface area contributed by atoms with Crippen LogP contribution in [0.1, 0.15) is 12.0 Å². The number of carboxylic acids is 1. The predicted octanol–water partition coefficient (Wildman–Crippen LogP) is 0.289. The molecule has 7 nitrogen and oxygen atoms in total. The summed E-state index contributed by atoms with van der Waals surface area (Å²) in [5.41, 5.74) is 6.43. The third kappa shape index (κ3) is 5.57. The van der Waals surface area contributed by atoms with E-state index in [1.165, 1.54) is 12.0 Å². The molecule has 2 atom stereocenters. The van der Waals surface area contributed by atoms with Crippen molar-refractivity contribution in [3.05, 3.63) is 35.9 Å². The van der Waals surface area contributed by atoms with E-state index < -0.39 is 36.4 Å². The Balaban J connectivity index is 3.06. The molecular formula is C15H20N2O5S. The third-order valence-electron chi connectivity index (χ3n) is 3.21. The number of nitrogens with two attached hydrogens (primary N) is 1. The number of thiol groups is 1. The minimum atomic E-state index is -1.25. The zero-order valence-corrected chi connectivity index (χ0v) is 13.6. The molecule has 0 fully saturated rings. The van der Waals surface area contributed by atoms with Crippen molar-refractivity contribution in [2.75, 3.05) is 12.9 Å². The summed E-state index contributed by atoms with van der Waals surface area (Å²) in [6.45, 7) is 0.104. The molecule has 0 saturated heterocycles. The summed E-state index contributed by atoms with van der Waals surface area (Å²) in [5.74, 6) is -2.43. The number of carbonyl (C=O) groups is 3. The number of carboxylic acid groups (broad SMARTS) is 1. The van der Waals surface area contributed by atoms with E-state index in [1.54, 1.807) is 24.3 Å². The van der Waals surface area contributed by atoms with Crippen LogP contribution in [0, 0.1) is 0 Å². The van der Waals surface area contributed by atoms with Crippen molar-refractivity contribution in [2.45, 2.75) is 25.0 Å². The normalized spacial score (nSPS) is 13.0. The summed E-state index contributed by atoms with van der Waals surface area (Å²) >= 11 is 4.10. The summed E-state index contributed by atoms with van der Waals surface area (Å²) in [7, 11) is 1.21. The Hall–Kier alpha value is -2.06. The number of rotatable bonds is 8. The number of hydrogen-bond acceptors (Lipinski definition) is 6. The molecule has 126 valence electrons. The Morgan fingerprint density at radius 3 is 2.39 bits per heavy atom. The second-order valence-electron chi connectivity index (χ2n) is 4.88. The molecule has 0 radical (unpaired) electrons. The Kier molecular flexibility index (Phi) is 7.56. The molecule has 8 heteroatoms. The molecule has 0 aliphatic rings. The van der Waals surface area contributed by atoms with Gasteiger partial charge >= 0.3 is 11.9 Å². The lowest BCUT2D eigenvalue weighted by molar-refractivity contribution is -0.153. The van der Waals surface area contributed by atoms with Crippen molar-refractivity contribution >= 4 is 30.5 Å². The average molecular weight is 340 g/mol. The van der Waals surface area contributed by atoms with Gasteiger partial charge in [-0.05, 0) is 5.56 Å². The quantitative estimate of drug-likeness (QED) is 0.463. The monoisotopic (exact) mass is 340 g/mol. The first-order valence-electron chi connectivity index (χ1n) is 6.91. The molecule has 23 heavy (non-hydrogen) atoms. The van der Waals surface area contributed by atoms with Crippen molar-refractivity contribution in [3.8, 4) is 0 Å². The fourth-order valence-corrected chi connectivity index (χ4v) is 2.39.